The molecule has 1 aliphatic heterocycles. The summed E-state index contributed by atoms with van der Waals surface area (Å²) in [6.07, 6.45) is 1.22. The van der Waals surface area contributed by atoms with Crippen molar-refractivity contribution in [1.82, 2.24) is 15.0 Å². The van der Waals surface area contributed by atoms with Crippen molar-refractivity contribution in [2.75, 3.05) is 18.5 Å². The maximum atomic E-state index is 12.2. The van der Waals surface area contributed by atoms with Gasteiger partial charge in [-0.1, -0.05) is 35.5 Å². The lowest BCUT2D eigenvalue weighted by atomic mass is 10.2. The first kappa shape index (κ1) is 17.6. The number of benzene rings is 2. The van der Waals surface area contributed by atoms with E-state index in [1.807, 2.05) is 30.3 Å². The number of anilines is 1. The second-order valence-electron chi connectivity index (χ2n) is 6.07. The van der Waals surface area contributed by atoms with Gasteiger partial charge in [-0.15, -0.1) is 0 Å². The summed E-state index contributed by atoms with van der Waals surface area (Å²) >= 11 is 0. The SMILES string of the molecule is O=C1C=C(Nc2ccc(-c3nc(-c4ccccc4)no3)cc2)C(=O)N1CCO. The van der Waals surface area contributed by atoms with Gasteiger partial charge in [-0.05, 0) is 24.3 Å². The van der Waals surface area contributed by atoms with Gasteiger partial charge < -0.3 is 14.9 Å². The maximum absolute atomic E-state index is 12.2. The van der Waals surface area contributed by atoms with Crippen LogP contribution in [0.1, 0.15) is 0 Å². The van der Waals surface area contributed by atoms with Crippen LogP contribution in [0.2, 0.25) is 0 Å². The van der Waals surface area contributed by atoms with Gasteiger partial charge in [0.15, 0.2) is 0 Å². The molecule has 0 bridgehead atoms. The lowest BCUT2D eigenvalue weighted by molar-refractivity contribution is -0.137. The zero-order valence-electron chi connectivity index (χ0n) is 14.7. The molecule has 1 aromatic heterocycles. The average Bonchev–Trinajstić information content (AvgIpc) is 3.31. The summed E-state index contributed by atoms with van der Waals surface area (Å²) in [6, 6.07) is 16.6. The van der Waals surface area contributed by atoms with Crippen molar-refractivity contribution < 1.29 is 19.2 Å². The largest absolute Gasteiger partial charge is 0.395 e. The quantitative estimate of drug-likeness (QED) is 0.634. The van der Waals surface area contributed by atoms with Gasteiger partial charge in [0.1, 0.15) is 5.70 Å². The van der Waals surface area contributed by atoms with Gasteiger partial charge in [-0.3, -0.25) is 14.5 Å². The fourth-order valence-electron chi connectivity index (χ4n) is 2.81. The van der Waals surface area contributed by atoms with E-state index in [-0.39, 0.29) is 18.8 Å². The molecule has 0 aliphatic carbocycles. The molecule has 0 spiro atoms. The second-order valence-corrected chi connectivity index (χ2v) is 6.07. The molecular formula is C20H16N4O4. The highest BCUT2D eigenvalue weighted by Gasteiger charge is 2.30. The normalized spacial score (nSPS) is 13.8. The van der Waals surface area contributed by atoms with Crippen molar-refractivity contribution >= 4 is 17.5 Å². The molecule has 140 valence electrons. The standard InChI is InChI=1S/C20H16N4O4/c25-11-10-24-17(26)12-16(20(24)27)21-15-8-6-14(7-9-15)19-22-18(23-28-19)13-4-2-1-3-5-13/h1-9,12,21,25H,10-11H2. The molecule has 0 saturated heterocycles. The summed E-state index contributed by atoms with van der Waals surface area (Å²) in [5.41, 5.74) is 2.38. The molecule has 2 amide bonds. The van der Waals surface area contributed by atoms with Gasteiger partial charge in [0.25, 0.3) is 17.7 Å². The number of aliphatic hydroxyl groups is 1. The minimum absolute atomic E-state index is 0.0286. The van der Waals surface area contributed by atoms with Crippen LogP contribution >= 0.6 is 0 Å². The average molecular weight is 376 g/mol. The van der Waals surface area contributed by atoms with E-state index in [4.69, 9.17) is 9.63 Å². The Labute approximate surface area is 160 Å². The van der Waals surface area contributed by atoms with Crippen molar-refractivity contribution in [3.05, 3.63) is 66.4 Å². The Balaban J connectivity index is 1.48. The summed E-state index contributed by atoms with van der Waals surface area (Å²) in [4.78, 5) is 29.3. The Kier molecular flexibility index (Phi) is 4.69. The summed E-state index contributed by atoms with van der Waals surface area (Å²) in [6.45, 7) is -0.304. The minimum atomic E-state index is -0.465. The molecule has 8 nitrogen and oxygen atoms in total. The second kappa shape index (κ2) is 7.45. The zero-order valence-corrected chi connectivity index (χ0v) is 14.7. The molecule has 3 aromatic rings. The predicted octanol–water partition coefficient (Wildman–Crippen LogP) is 2.06. The van der Waals surface area contributed by atoms with E-state index in [1.54, 1.807) is 24.3 Å². The molecular weight excluding hydrogens is 360 g/mol. The first-order chi connectivity index (χ1) is 13.7. The van der Waals surface area contributed by atoms with Gasteiger partial charge >= 0.3 is 0 Å². The van der Waals surface area contributed by atoms with E-state index in [9.17, 15) is 9.59 Å². The van der Waals surface area contributed by atoms with Crippen molar-refractivity contribution in [2.24, 2.45) is 0 Å². The van der Waals surface area contributed by atoms with Crippen LogP contribution in [0.15, 0.2) is 70.9 Å². The highest BCUT2D eigenvalue weighted by molar-refractivity contribution is 6.17. The number of aliphatic hydroxyl groups excluding tert-OH is 1. The number of carbonyl (C=O) groups excluding carboxylic acids is 2. The van der Waals surface area contributed by atoms with Crippen LogP contribution < -0.4 is 5.32 Å². The van der Waals surface area contributed by atoms with Gasteiger partial charge in [0.2, 0.25) is 5.82 Å². The number of hydrogen-bond acceptors (Lipinski definition) is 7. The van der Waals surface area contributed by atoms with E-state index < -0.39 is 11.8 Å². The lowest BCUT2D eigenvalue weighted by Crippen LogP contribution is -2.34. The van der Waals surface area contributed by atoms with Crippen LogP contribution in [-0.2, 0) is 9.59 Å². The van der Waals surface area contributed by atoms with E-state index in [0.717, 1.165) is 16.0 Å². The number of aromatic nitrogens is 2. The number of β-amino-alcohol motifs (C(OH)–C–C–N with tert-alkyl or cyclic N) is 1. The number of nitrogens with one attached hydrogen (secondary N) is 1. The third-order valence-corrected chi connectivity index (χ3v) is 4.20. The first-order valence-electron chi connectivity index (χ1n) is 8.60. The molecule has 0 radical (unpaired) electrons. The fraction of sp³-hybridized carbons (Fsp3) is 0.100. The molecule has 4 rings (SSSR count). The molecule has 2 N–H and O–H groups in total. The molecule has 0 unspecified atom stereocenters. The Morgan fingerprint density at radius 2 is 1.75 bits per heavy atom. The Morgan fingerprint density at radius 3 is 2.46 bits per heavy atom. The number of imide groups is 1. The number of carbonyl (C=O) groups is 2. The lowest BCUT2D eigenvalue weighted by Gasteiger charge is -2.13. The van der Waals surface area contributed by atoms with Crippen LogP contribution in [-0.4, -0.2) is 45.1 Å². The Bertz CT molecular complexity index is 1040. The van der Waals surface area contributed by atoms with E-state index in [2.05, 4.69) is 15.5 Å². The van der Waals surface area contributed by atoms with Crippen molar-refractivity contribution in [2.45, 2.75) is 0 Å². The van der Waals surface area contributed by atoms with Gasteiger partial charge in [0.05, 0.1) is 13.2 Å². The number of amides is 2. The van der Waals surface area contributed by atoms with Crippen LogP contribution in [0.4, 0.5) is 5.69 Å². The molecule has 1 aliphatic rings. The summed E-state index contributed by atoms with van der Waals surface area (Å²) < 4.78 is 5.33. The van der Waals surface area contributed by atoms with Crippen LogP contribution in [0.3, 0.4) is 0 Å². The number of nitrogens with zero attached hydrogens (tertiary/aromatic N) is 3. The molecule has 0 saturated carbocycles. The fourth-order valence-corrected chi connectivity index (χ4v) is 2.81. The van der Waals surface area contributed by atoms with Crippen molar-refractivity contribution in [1.29, 1.82) is 0 Å². The summed E-state index contributed by atoms with van der Waals surface area (Å²) in [5.74, 6) is -0.0298. The Morgan fingerprint density at radius 1 is 1.00 bits per heavy atom. The van der Waals surface area contributed by atoms with Crippen LogP contribution in [0.25, 0.3) is 22.8 Å². The van der Waals surface area contributed by atoms with E-state index in [0.29, 0.717) is 17.4 Å². The van der Waals surface area contributed by atoms with Gasteiger partial charge in [0, 0.05) is 22.9 Å². The predicted molar refractivity (Wildman–Crippen MR) is 101 cm³/mol. The molecule has 0 fully saturated rings. The van der Waals surface area contributed by atoms with E-state index in [1.165, 1.54) is 6.08 Å². The van der Waals surface area contributed by atoms with Crippen molar-refractivity contribution in [3.63, 3.8) is 0 Å². The molecule has 2 aromatic carbocycles. The highest BCUT2D eigenvalue weighted by atomic mass is 16.5. The smallest absolute Gasteiger partial charge is 0.277 e. The Hall–Kier alpha value is -3.78. The minimum Gasteiger partial charge on any atom is -0.395 e. The molecule has 28 heavy (non-hydrogen) atoms. The summed E-state index contributed by atoms with van der Waals surface area (Å²) in [5, 5.41) is 15.9. The van der Waals surface area contributed by atoms with Crippen LogP contribution in [0.5, 0.6) is 0 Å². The number of rotatable bonds is 6. The molecule has 0 atom stereocenters. The molecule has 2 heterocycles. The van der Waals surface area contributed by atoms with Crippen molar-refractivity contribution in [3.8, 4) is 22.8 Å². The maximum Gasteiger partial charge on any atom is 0.277 e. The highest BCUT2D eigenvalue weighted by Crippen LogP contribution is 2.24. The number of hydrogen-bond donors (Lipinski definition) is 2. The van der Waals surface area contributed by atoms with Crippen LogP contribution in [0, 0.1) is 0 Å². The summed E-state index contributed by atoms with van der Waals surface area (Å²) in [7, 11) is 0. The molecule has 8 heteroatoms. The third kappa shape index (κ3) is 3.40. The monoisotopic (exact) mass is 376 g/mol. The topological polar surface area (TPSA) is 109 Å². The first-order valence-corrected chi connectivity index (χ1v) is 8.60. The third-order valence-electron chi connectivity index (χ3n) is 4.20. The van der Waals surface area contributed by atoms with Gasteiger partial charge in [-0.25, -0.2) is 0 Å². The van der Waals surface area contributed by atoms with E-state index >= 15 is 0 Å². The van der Waals surface area contributed by atoms with Gasteiger partial charge in [-0.2, -0.15) is 4.98 Å². The zero-order chi connectivity index (χ0) is 19.5.